The van der Waals surface area contributed by atoms with Crippen LogP contribution in [0.25, 0.3) is 10.8 Å². The van der Waals surface area contributed by atoms with Gasteiger partial charge in [0.05, 0.1) is 10.6 Å². The molecule has 0 bridgehead atoms. The van der Waals surface area contributed by atoms with Crippen molar-refractivity contribution in [1.29, 1.82) is 0 Å². The number of sulfonamides is 1. The van der Waals surface area contributed by atoms with Gasteiger partial charge in [-0.25, -0.2) is 8.42 Å². The van der Waals surface area contributed by atoms with Gasteiger partial charge in [-0.3, -0.25) is 4.72 Å². The Bertz CT molecular complexity index is 984. The van der Waals surface area contributed by atoms with Crippen LogP contribution in [0.5, 0.6) is 0 Å². The van der Waals surface area contributed by atoms with Crippen LogP contribution in [0.1, 0.15) is 0 Å². The first-order valence-electron chi connectivity index (χ1n) is 6.63. The second-order valence-electron chi connectivity index (χ2n) is 4.96. The minimum Gasteiger partial charge on any atom is -0.398 e. The fraction of sp³-hybridized carbons (Fsp3) is 0. The molecular weight excluding hydrogens is 355 g/mol. The summed E-state index contributed by atoms with van der Waals surface area (Å²) in [6, 6.07) is 14.7. The summed E-state index contributed by atoms with van der Waals surface area (Å²) in [6.45, 7) is 0. The monoisotopic (exact) mass is 366 g/mol. The molecule has 0 unspecified atom stereocenters. The molecule has 0 aromatic heterocycles. The van der Waals surface area contributed by atoms with E-state index in [1.165, 1.54) is 18.2 Å². The number of halogens is 2. The molecule has 0 amide bonds. The Labute approximate surface area is 143 Å². The van der Waals surface area contributed by atoms with E-state index in [-0.39, 0.29) is 14.9 Å². The molecule has 4 nitrogen and oxygen atoms in total. The third-order valence-corrected chi connectivity index (χ3v) is 5.13. The van der Waals surface area contributed by atoms with Gasteiger partial charge < -0.3 is 5.73 Å². The molecular formula is C16H12Cl2N2O2S. The molecule has 0 fully saturated rings. The Morgan fingerprint density at radius 1 is 0.870 bits per heavy atom. The molecule has 3 N–H and O–H groups in total. The highest BCUT2D eigenvalue weighted by Gasteiger charge is 2.17. The Kier molecular flexibility index (Phi) is 4.10. The van der Waals surface area contributed by atoms with E-state index in [9.17, 15) is 8.42 Å². The number of rotatable bonds is 3. The third kappa shape index (κ3) is 3.22. The Balaban J connectivity index is 2.09. The van der Waals surface area contributed by atoms with Gasteiger partial charge in [0.1, 0.15) is 0 Å². The third-order valence-electron chi connectivity index (χ3n) is 3.35. The van der Waals surface area contributed by atoms with Crippen LogP contribution in [-0.4, -0.2) is 8.42 Å². The molecule has 23 heavy (non-hydrogen) atoms. The fourth-order valence-corrected chi connectivity index (χ4v) is 4.12. The molecule has 0 radical (unpaired) electrons. The van der Waals surface area contributed by atoms with Crippen LogP contribution in [0.15, 0.2) is 59.5 Å². The van der Waals surface area contributed by atoms with Crippen molar-refractivity contribution in [2.24, 2.45) is 0 Å². The molecule has 0 saturated heterocycles. The molecule has 0 atom stereocenters. The predicted molar refractivity (Wildman–Crippen MR) is 95.6 cm³/mol. The quantitative estimate of drug-likeness (QED) is 0.668. The topological polar surface area (TPSA) is 72.2 Å². The van der Waals surface area contributed by atoms with Crippen LogP contribution in [0.3, 0.4) is 0 Å². The molecule has 3 aromatic rings. The summed E-state index contributed by atoms with van der Waals surface area (Å²) >= 11 is 11.8. The van der Waals surface area contributed by atoms with Crippen molar-refractivity contribution in [3.63, 3.8) is 0 Å². The predicted octanol–water partition coefficient (Wildman–Crippen LogP) is 4.53. The molecule has 118 valence electrons. The van der Waals surface area contributed by atoms with Crippen molar-refractivity contribution in [3.8, 4) is 0 Å². The molecule has 3 aromatic carbocycles. The molecule has 3 rings (SSSR count). The Morgan fingerprint density at radius 2 is 1.48 bits per heavy atom. The summed E-state index contributed by atoms with van der Waals surface area (Å²) in [4.78, 5) is -0.00379. The number of nitrogen functional groups attached to an aromatic ring is 1. The Hall–Kier alpha value is -1.95. The maximum Gasteiger partial charge on any atom is 0.262 e. The van der Waals surface area contributed by atoms with Gasteiger partial charge >= 0.3 is 0 Å². The summed E-state index contributed by atoms with van der Waals surface area (Å²) in [5.41, 5.74) is 6.94. The summed E-state index contributed by atoms with van der Waals surface area (Å²) in [5.74, 6) is 0. The molecule has 0 aliphatic carbocycles. The number of hydrogen-bond donors (Lipinski definition) is 2. The highest BCUT2D eigenvalue weighted by molar-refractivity contribution is 7.92. The van der Waals surface area contributed by atoms with Crippen molar-refractivity contribution >= 4 is 55.4 Å². The smallest absolute Gasteiger partial charge is 0.262 e. The van der Waals surface area contributed by atoms with Crippen molar-refractivity contribution in [3.05, 3.63) is 64.6 Å². The average Bonchev–Trinajstić information content (AvgIpc) is 2.47. The molecule has 0 aliphatic rings. The largest absolute Gasteiger partial charge is 0.398 e. The second kappa shape index (κ2) is 5.92. The highest BCUT2D eigenvalue weighted by atomic mass is 35.5. The SMILES string of the molecule is Nc1cccc2c(NS(=O)(=O)c3cc(Cl)cc(Cl)c3)cccc12. The fourth-order valence-electron chi connectivity index (χ4n) is 2.31. The first-order chi connectivity index (χ1) is 10.9. The van der Waals surface area contributed by atoms with Crippen LogP contribution in [0.4, 0.5) is 11.4 Å². The van der Waals surface area contributed by atoms with Crippen LogP contribution in [-0.2, 0) is 10.0 Å². The second-order valence-corrected chi connectivity index (χ2v) is 7.51. The minimum atomic E-state index is -3.82. The first kappa shape index (κ1) is 15.9. The van der Waals surface area contributed by atoms with Crippen molar-refractivity contribution < 1.29 is 8.42 Å². The summed E-state index contributed by atoms with van der Waals surface area (Å²) < 4.78 is 27.7. The lowest BCUT2D eigenvalue weighted by Gasteiger charge is -2.12. The number of benzene rings is 3. The van der Waals surface area contributed by atoms with Crippen molar-refractivity contribution in [1.82, 2.24) is 0 Å². The molecule has 0 spiro atoms. The standard InChI is InChI=1S/C16H12Cl2N2O2S/c17-10-7-11(18)9-12(8-10)23(21,22)20-16-6-2-3-13-14(16)4-1-5-15(13)19/h1-9,20H,19H2. The molecule has 0 saturated carbocycles. The van der Waals surface area contributed by atoms with Gasteiger partial charge in [0.15, 0.2) is 0 Å². The van der Waals surface area contributed by atoms with Crippen LogP contribution < -0.4 is 10.5 Å². The van der Waals surface area contributed by atoms with E-state index in [4.69, 9.17) is 28.9 Å². The lowest BCUT2D eigenvalue weighted by Crippen LogP contribution is -2.13. The van der Waals surface area contributed by atoms with E-state index in [1.807, 2.05) is 6.07 Å². The average molecular weight is 367 g/mol. The number of nitrogens with one attached hydrogen (secondary N) is 1. The number of fused-ring (bicyclic) bond motifs is 1. The number of nitrogens with two attached hydrogens (primary N) is 1. The van der Waals surface area contributed by atoms with E-state index in [0.717, 1.165) is 5.39 Å². The molecule has 7 heteroatoms. The maximum absolute atomic E-state index is 12.6. The van der Waals surface area contributed by atoms with Crippen molar-refractivity contribution in [2.45, 2.75) is 4.90 Å². The lowest BCUT2D eigenvalue weighted by atomic mass is 10.1. The van der Waals surface area contributed by atoms with Gasteiger partial charge in [-0.05, 0) is 30.3 Å². The first-order valence-corrected chi connectivity index (χ1v) is 8.87. The lowest BCUT2D eigenvalue weighted by molar-refractivity contribution is 0.601. The molecule has 0 aliphatic heterocycles. The molecule has 0 heterocycles. The Morgan fingerprint density at radius 3 is 2.17 bits per heavy atom. The minimum absolute atomic E-state index is 0.00379. The van der Waals surface area contributed by atoms with E-state index >= 15 is 0 Å². The van der Waals surface area contributed by atoms with Gasteiger partial charge in [-0.15, -0.1) is 0 Å². The van der Waals surface area contributed by atoms with Gasteiger partial charge in [-0.2, -0.15) is 0 Å². The van der Waals surface area contributed by atoms with E-state index in [0.29, 0.717) is 16.8 Å². The number of anilines is 2. The normalized spacial score (nSPS) is 11.6. The summed E-state index contributed by atoms with van der Waals surface area (Å²) in [5, 5.41) is 1.99. The van der Waals surface area contributed by atoms with E-state index < -0.39 is 10.0 Å². The van der Waals surface area contributed by atoms with Crippen molar-refractivity contribution in [2.75, 3.05) is 10.5 Å². The summed E-state index contributed by atoms with van der Waals surface area (Å²) in [6.07, 6.45) is 0. The van der Waals surface area contributed by atoms with E-state index in [2.05, 4.69) is 4.72 Å². The highest BCUT2D eigenvalue weighted by Crippen LogP contribution is 2.30. The van der Waals surface area contributed by atoms with Gasteiger partial charge in [-0.1, -0.05) is 47.5 Å². The van der Waals surface area contributed by atoms with Gasteiger partial charge in [0.25, 0.3) is 10.0 Å². The van der Waals surface area contributed by atoms with Crippen LogP contribution in [0, 0.1) is 0 Å². The van der Waals surface area contributed by atoms with Gasteiger partial charge in [0.2, 0.25) is 0 Å². The zero-order valence-electron chi connectivity index (χ0n) is 11.8. The zero-order chi connectivity index (χ0) is 16.6. The van der Waals surface area contributed by atoms with Gasteiger partial charge in [0, 0.05) is 26.5 Å². The maximum atomic E-state index is 12.6. The summed E-state index contributed by atoms with van der Waals surface area (Å²) in [7, 11) is -3.82. The van der Waals surface area contributed by atoms with E-state index in [1.54, 1.807) is 30.3 Å². The van der Waals surface area contributed by atoms with Crippen LogP contribution >= 0.6 is 23.2 Å². The zero-order valence-corrected chi connectivity index (χ0v) is 14.1. The number of hydrogen-bond acceptors (Lipinski definition) is 3. The van der Waals surface area contributed by atoms with Crippen LogP contribution in [0.2, 0.25) is 10.0 Å².